The number of amides is 1. The standard InChI is InChI=1S/C20H25BN2O2.CH4O/c1-15-4-3-5-17(12-15)19(24)14-22-11-10-16-6-8-18(9-7-16)23(2)20(25)13-21;1-2/h3-9,12,19,22,24H,10-11,13-14H2,1-2H3;2H,1H3. The number of hydrogen-bond donors (Lipinski definition) is 3. The first-order valence-electron chi connectivity index (χ1n) is 8.97. The molecule has 0 heterocycles. The number of nitrogens with one attached hydrogen (secondary N) is 1. The molecule has 0 spiro atoms. The van der Waals surface area contributed by atoms with Crippen molar-refractivity contribution >= 4 is 19.4 Å². The molecule has 5 nitrogen and oxygen atoms in total. The van der Waals surface area contributed by atoms with Crippen molar-refractivity contribution in [1.82, 2.24) is 5.32 Å². The van der Waals surface area contributed by atoms with E-state index in [-0.39, 0.29) is 12.2 Å². The molecule has 6 heteroatoms. The summed E-state index contributed by atoms with van der Waals surface area (Å²) in [5, 5.41) is 20.5. The molecule has 0 aliphatic rings. The first-order chi connectivity index (χ1) is 13.0. The minimum absolute atomic E-state index is 0.00539. The van der Waals surface area contributed by atoms with E-state index < -0.39 is 6.10 Å². The summed E-state index contributed by atoms with van der Waals surface area (Å²) >= 11 is 0. The van der Waals surface area contributed by atoms with Crippen molar-refractivity contribution in [2.45, 2.75) is 25.8 Å². The van der Waals surface area contributed by atoms with Crippen LogP contribution in [0.25, 0.3) is 0 Å². The van der Waals surface area contributed by atoms with E-state index in [1.807, 2.05) is 55.5 Å². The lowest BCUT2D eigenvalue weighted by atomic mass is 10.0. The number of aliphatic hydroxyl groups is 2. The Hall–Kier alpha value is -2.15. The summed E-state index contributed by atoms with van der Waals surface area (Å²) in [6, 6.07) is 15.8. The third-order valence-electron chi connectivity index (χ3n) is 4.23. The summed E-state index contributed by atoms with van der Waals surface area (Å²) in [5.74, 6) is -0.112. The van der Waals surface area contributed by atoms with Crippen LogP contribution in [0.5, 0.6) is 0 Å². The Morgan fingerprint density at radius 1 is 1.19 bits per heavy atom. The highest BCUT2D eigenvalue weighted by molar-refractivity contribution is 6.22. The lowest BCUT2D eigenvalue weighted by molar-refractivity contribution is -0.116. The molecule has 2 rings (SSSR count). The zero-order valence-electron chi connectivity index (χ0n) is 16.4. The van der Waals surface area contributed by atoms with E-state index in [1.54, 1.807) is 11.9 Å². The molecule has 0 aromatic heterocycles. The third-order valence-corrected chi connectivity index (χ3v) is 4.23. The van der Waals surface area contributed by atoms with Gasteiger partial charge in [0.15, 0.2) is 0 Å². The number of rotatable bonds is 8. The maximum Gasteiger partial charge on any atom is 0.218 e. The van der Waals surface area contributed by atoms with E-state index >= 15 is 0 Å². The van der Waals surface area contributed by atoms with Gasteiger partial charge in [0.25, 0.3) is 0 Å². The average Bonchev–Trinajstić information content (AvgIpc) is 2.71. The maximum atomic E-state index is 11.6. The SMILES string of the molecule is CO.[B]CC(=O)N(C)c1ccc(CCNCC(O)c2cccc(C)c2)cc1. The highest BCUT2D eigenvalue weighted by atomic mass is 16.3. The zero-order chi connectivity index (χ0) is 20.2. The van der Waals surface area contributed by atoms with E-state index in [0.29, 0.717) is 6.54 Å². The van der Waals surface area contributed by atoms with E-state index in [0.717, 1.165) is 36.9 Å². The molecule has 1 unspecified atom stereocenters. The molecule has 2 aromatic carbocycles. The van der Waals surface area contributed by atoms with Crippen LogP contribution in [0, 0.1) is 6.92 Å². The molecule has 2 aromatic rings. The van der Waals surface area contributed by atoms with Gasteiger partial charge in [-0.1, -0.05) is 42.0 Å². The van der Waals surface area contributed by atoms with E-state index in [9.17, 15) is 9.90 Å². The number of carbonyl (C=O) groups is 1. The first kappa shape index (κ1) is 22.9. The van der Waals surface area contributed by atoms with Gasteiger partial charge in [-0.3, -0.25) is 4.79 Å². The summed E-state index contributed by atoms with van der Waals surface area (Å²) < 4.78 is 0. The van der Waals surface area contributed by atoms with Crippen LogP contribution in [-0.2, 0) is 11.2 Å². The molecule has 0 bridgehead atoms. The fraction of sp³-hybridized carbons (Fsp3) is 0.381. The van der Waals surface area contributed by atoms with Gasteiger partial charge in [-0.15, -0.1) is 0 Å². The van der Waals surface area contributed by atoms with Gasteiger partial charge in [-0.05, 0) is 49.5 Å². The summed E-state index contributed by atoms with van der Waals surface area (Å²) in [5.41, 5.74) is 4.09. The molecule has 27 heavy (non-hydrogen) atoms. The van der Waals surface area contributed by atoms with Crippen LogP contribution in [0.1, 0.15) is 22.8 Å². The number of hydrogen-bond acceptors (Lipinski definition) is 4. The van der Waals surface area contributed by atoms with Gasteiger partial charge in [0.05, 0.1) is 14.0 Å². The van der Waals surface area contributed by atoms with Gasteiger partial charge in [0, 0.05) is 26.4 Å². The largest absolute Gasteiger partial charge is 0.400 e. The Morgan fingerprint density at radius 3 is 2.44 bits per heavy atom. The monoisotopic (exact) mass is 368 g/mol. The van der Waals surface area contributed by atoms with Gasteiger partial charge in [-0.2, -0.15) is 0 Å². The van der Waals surface area contributed by atoms with Gasteiger partial charge in [-0.25, -0.2) is 0 Å². The fourth-order valence-electron chi connectivity index (χ4n) is 2.63. The summed E-state index contributed by atoms with van der Waals surface area (Å²) in [4.78, 5) is 13.1. The molecule has 1 amide bonds. The lowest BCUT2D eigenvalue weighted by Gasteiger charge is -2.17. The molecule has 0 saturated carbocycles. The molecule has 1 atom stereocenters. The van der Waals surface area contributed by atoms with Crippen molar-refractivity contribution in [3.8, 4) is 0 Å². The van der Waals surface area contributed by atoms with Crippen LogP contribution < -0.4 is 10.2 Å². The Labute approximate surface area is 163 Å². The Balaban J connectivity index is 0.00000176. The minimum Gasteiger partial charge on any atom is -0.400 e. The van der Waals surface area contributed by atoms with Crippen molar-refractivity contribution in [2.24, 2.45) is 0 Å². The molecule has 0 saturated heterocycles. The normalized spacial score (nSPS) is 11.3. The molecular formula is C21H29BN2O3. The second kappa shape index (κ2) is 12.3. The van der Waals surface area contributed by atoms with Crippen molar-refractivity contribution in [1.29, 1.82) is 0 Å². The van der Waals surface area contributed by atoms with Crippen molar-refractivity contribution in [3.05, 3.63) is 65.2 Å². The Morgan fingerprint density at radius 2 is 1.85 bits per heavy atom. The minimum atomic E-state index is -0.502. The van der Waals surface area contributed by atoms with Crippen LogP contribution in [-0.4, -0.2) is 51.2 Å². The predicted molar refractivity (Wildman–Crippen MR) is 111 cm³/mol. The highest BCUT2D eigenvalue weighted by Gasteiger charge is 2.08. The topological polar surface area (TPSA) is 72.8 Å². The van der Waals surface area contributed by atoms with Crippen LogP contribution in [0.3, 0.4) is 0 Å². The van der Waals surface area contributed by atoms with Crippen molar-refractivity contribution in [2.75, 3.05) is 32.1 Å². The maximum absolute atomic E-state index is 11.6. The average molecular weight is 368 g/mol. The van der Waals surface area contributed by atoms with Gasteiger partial charge in [0.2, 0.25) is 5.91 Å². The fourth-order valence-corrected chi connectivity index (χ4v) is 2.63. The second-order valence-electron chi connectivity index (χ2n) is 6.21. The summed E-state index contributed by atoms with van der Waals surface area (Å²) in [6.45, 7) is 3.32. The van der Waals surface area contributed by atoms with Crippen molar-refractivity contribution < 1.29 is 15.0 Å². The highest BCUT2D eigenvalue weighted by Crippen LogP contribution is 2.15. The van der Waals surface area contributed by atoms with Crippen LogP contribution in [0.4, 0.5) is 5.69 Å². The molecule has 3 N–H and O–H groups in total. The number of aryl methyl sites for hydroxylation is 1. The molecule has 0 aliphatic heterocycles. The van der Waals surface area contributed by atoms with Gasteiger partial charge < -0.3 is 20.4 Å². The number of benzene rings is 2. The number of aliphatic hydroxyl groups excluding tert-OH is 2. The van der Waals surface area contributed by atoms with Gasteiger partial charge >= 0.3 is 0 Å². The lowest BCUT2D eigenvalue weighted by Crippen LogP contribution is -2.25. The molecule has 0 fully saturated rings. The van der Waals surface area contributed by atoms with Crippen molar-refractivity contribution in [3.63, 3.8) is 0 Å². The van der Waals surface area contributed by atoms with Crippen LogP contribution in [0.15, 0.2) is 48.5 Å². The molecule has 2 radical (unpaired) electrons. The number of carbonyl (C=O) groups excluding carboxylic acids is 1. The second-order valence-corrected chi connectivity index (χ2v) is 6.21. The third kappa shape index (κ3) is 7.55. The van der Waals surface area contributed by atoms with E-state index in [4.69, 9.17) is 13.0 Å². The Kier molecular flexibility index (Phi) is 10.4. The number of nitrogens with zero attached hydrogens (tertiary/aromatic N) is 1. The molecule has 144 valence electrons. The molecule has 0 aliphatic carbocycles. The quantitative estimate of drug-likeness (QED) is 0.492. The van der Waals surface area contributed by atoms with Crippen LogP contribution >= 0.6 is 0 Å². The first-order valence-corrected chi connectivity index (χ1v) is 8.97. The Bertz CT molecular complexity index is 692. The van der Waals surface area contributed by atoms with Gasteiger partial charge in [0.1, 0.15) is 0 Å². The van der Waals surface area contributed by atoms with Crippen LogP contribution in [0.2, 0.25) is 6.32 Å². The summed E-state index contributed by atoms with van der Waals surface area (Å²) in [6.07, 6.45) is 0.360. The summed E-state index contributed by atoms with van der Waals surface area (Å²) in [7, 11) is 8.10. The van der Waals surface area contributed by atoms with E-state index in [2.05, 4.69) is 5.32 Å². The zero-order valence-corrected chi connectivity index (χ0v) is 16.4. The van der Waals surface area contributed by atoms with E-state index in [1.165, 1.54) is 5.56 Å². The predicted octanol–water partition coefficient (Wildman–Crippen LogP) is 2.02. The number of anilines is 1. The smallest absolute Gasteiger partial charge is 0.218 e. The molecular weight excluding hydrogens is 339 g/mol.